The minimum Gasteiger partial charge on any atom is -0.472 e. The fourth-order valence-corrected chi connectivity index (χ4v) is 2.51. The third-order valence-electron chi connectivity index (χ3n) is 3.80. The number of anilines is 1. The van der Waals surface area contributed by atoms with E-state index in [4.69, 9.17) is 10.5 Å². The van der Waals surface area contributed by atoms with Crippen molar-refractivity contribution in [2.45, 2.75) is 39.7 Å². The molecule has 0 aliphatic carbocycles. The summed E-state index contributed by atoms with van der Waals surface area (Å²) in [5.41, 5.74) is 9.93. The van der Waals surface area contributed by atoms with Crippen LogP contribution in [0.3, 0.4) is 0 Å². The second-order valence-corrected chi connectivity index (χ2v) is 5.65. The Bertz CT molecular complexity index is 728. The van der Waals surface area contributed by atoms with Gasteiger partial charge in [-0.25, -0.2) is 18.8 Å². The predicted octanol–water partition coefficient (Wildman–Crippen LogP) is 3.78. The van der Waals surface area contributed by atoms with Gasteiger partial charge in [0.2, 0.25) is 5.88 Å². The number of hydrogen-bond donors (Lipinski definition) is 2. The first-order valence-electron chi connectivity index (χ1n) is 8.58. The zero-order chi connectivity index (χ0) is 18.9. The second-order valence-electron chi connectivity index (χ2n) is 5.65. The molecule has 2 rings (SSSR count). The van der Waals surface area contributed by atoms with Crippen LogP contribution >= 0.6 is 0 Å². The summed E-state index contributed by atoms with van der Waals surface area (Å²) in [5.74, 6) is 0.426. The highest BCUT2D eigenvalue weighted by atomic mass is 19.3. The topological polar surface area (TPSA) is 72.5 Å². The normalized spacial score (nSPS) is 11.7. The number of nitrogens with zero attached hydrogens (tertiary/aromatic N) is 2. The predicted molar refractivity (Wildman–Crippen MR) is 99.9 cm³/mol. The third kappa shape index (κ3) is 5.68. The molecule has 7 heteroatoms. The molecule has 0 fully saturated rings. The zero-order valence-corrected chi connectivity index (χ0v) is 15.0. The van der Waals surface area contributed by atoms with Crippen LogP contribution in [-0.4, -0.2) is 24.0 Å². The number of alkyl halides is 2. The molecule has 0 saturated carbocycles. The fraction of sp³-hybridized carbons (Fsp3) is 0.368. The molecule has 0 spiro atoms. The zero-order valence-electron chi connectivity index (χ0n) is 15.0. The van der Waals surface area contributed by atoms with Crippen LogP contribution in [0.2, 0.25) is 0 Å². The number of hydrogen-bond acceptors (Lipinski definition) is 3. The number of aryl methyl sites for hydroxylation is 2. The van der Waals surface area contributed by atoms with Gasteiger partial charge in [-0.15, -0.1) is 0 Å². The summed E-state index contributed by atoms with van der Waals surface area (Å²) in [4.78, 5) is 8.44. The van der Waals surface area contributed by atoms with Crippen LogP contribution in [-0.2, 0) is 19.4 Å². The molecule has 0 saturated heterocycles. The Morgan fingerprint density at radius 1 is 1.15 bits per heavy atom. The number of nitrogens with one attached hydrogen (secondary N) is 1. The lowest BCUT2D eigenvalue weighted by atomic mass is 10.0. The van der Waals surface area contributed by atoms with Gasteiger partial charge in [0, 0.05) is 11.8 Å². The molecule has 1 aromatic carbocycles. The van der Waals surface area contributed by atoms with Crippen molar-refractivity contribution < 1.29 is 13.5 Å². The number of rotatable bonds is 8. The summed E-state index contributed by atoms with van der Waals surface area (Å²) < 4.78 is 29.3. The molecular formula is C19H24F2N4O. The Kier molecular flexibility index (Phi) is 7.32. The molecule has 1 heterocycles. The summed E-state index contributed by atoms with van der Waals surface area (Å²) in [7, 11) is 0. The van der Waals surface area contributed by atoms with E-state index in [1.807, 2.05) is 6.07 Å². The minimum absolute atomic E-state index is 0.147. The molecule has 0 aliphatic heterocycles. The van der Waals surface area contributed by atoms with E-state index in [-0.39, 0.29) is 18.4 Å². The number of aromatic nitrogens is 1. The molecular weight excluding hydrogens is 338 g/mol. The van der Waals surface area contributed by atoms with E-state index in [9.17, 15) is 8.78 Å². The van der Waals surface area contributed by atoms with E-state index in [0.29, 0.717) is 5.69 Å². The van der Waals surface area contributed by atoms with Crippen molar-refractivity contribution in [3.8, 4) is 5.88 Å². The Hall–Kier alpha value is -2.70. The smallest absolute Gasteiger partial charge is 0.272 e. The van der Waals surface area contributed by atoms with Crippen molar-refractivity contribution in [3.63, 3.8) is 0 Å². The van der Waals surface area contributed by atoms with Gasteiger partial charge >= 0.3 is 0 Å². The highest BCUT2D eigenvalue weighted by Crippen LogP contribution is 2.22. The van der Waals surface area contributed by atoms with Crippen molar-refractivity contribution >= 4 is 11.6 Å². The maximum Gasteiger partial charge on any atom is 0.272 e. The molecule has 0 radical (unpaired) electrons. The summed E-state index contributed by atoms with van der Waals surface area (Å²) in [6, 6.07) is 11.1. The number of ether oxygens (including phenoxy) is 1. The lowest BCUT2D eigenvalue weighted by Crippen LogP contribution is -2.24. The maximum absolute atomic E-state index is 12.2. The van der Waals surface area contributed by atoms with Crippen molar-refractivity contribution in [1.29, 1.82) is 0 Å². The van der Waals surface area contributed by atoms with Crippen LogP contribution in [0.4, 0.5) is 14.5 Å². The van der Waals surface area contributed by atoms with Gasteiger partial charge in [0.25, 0.3) is 6.43 Å². The number of benzene rings is 1. The first kappa shape index (κ1) is 19.6. The highest BCUT2D eigenvalue weighted by molar-refractivity contribution is 5.93. The Morgan fingerprint density at radius 2 is 1.81 bits per heavy atom. The second kappa shape index (κ2) is 9.70. The lowest BCUT2D eigenvalue weighted by Gasteiger charge is -2.14. The van der Waals surface area contributed by atoms with Crippen LogP contribution in [0, 0.1) is 0 Å². The number of pyridine rings is 1. The Labute approximate surface area is 152 Å². The van der Waals surface area contributed by atoms with Crippen LogP contribution in [0.25, 0.3) is 0 Å². The molecule has 0 aliphatic rings. The SMILES string of the molecule is CCc1cccc(CC)c1NC(N)=NCc1cccc(OCC(F)F)n1. The fourth-order valence-electron chi connectivity index (χ4n) is 2.51. The lowest BCUT2D eigenvalue weighted by molar-refractivity contribution is 0.0795. The van der Waals surface area contributed by atoms with Gasteiger partial charge in [-0.05, 0) is 30.0 Å². The molecule has 0 bridgehead atoms. The van der Waals surface area contributed by atoms with E-state index < -0.39 is 13.0 Å². The van der Waals surface area contributed by atoms with Gasteiger partial charge < -0.3 is 15.8 Å². The molecule has 5 nitrogen and oxygen atoms in total. The summed E-state index contributed by atoms with van der Waals surface area (Å²) in [6.07, 6.45) is -0.770. The number of para-hydroxylation sites is 1. The van der Waals surface area contributed by atoms with Gasteiger partial charge in [0.05, 0.1) is 12.2 Å². The molecule has 140 valence electrons. The number of aliphatic imine (C=N–C) groups is 1. The molecule has 3 N–H and O–H groups in total. The monoisotopic (exact) mass is 362 g/mol. The highest BCUT2D eigenvalue weighted by Gasteiger charge is 2.08. The molecule has 0 unspecified atom stereocenters. The first-order chi connectivity index (χ1) is 12.5. The van der Waals surface area contributed by atoms with Gasteiger partial charge in [-0.2, -0.15) is 0 Å². The number of guanidine groups is 1. The van der Waals surface area contributed by atoms with E-state index in [1.54, 1.807) is 12.1 Å². The average molecular weight is 362 g/mol. The third-order valence-corrected chi connectivity index (χ3v) is 3.80. The van der Waals surface area contributed by atoms with Gasteiger partial charge in [-0.3, -0.25) is 0 Å². The quantitative estimate of drug-likeness (QED) is 0.554. The standard InChI is InChI=1S/C19H24F2N4O/c1-3-13-7-5-8-14(4-2)18(13)25-19(22)23-11-15-9-6-10-17(24-15)26-12-16(20)21/h5-10,16H,3-4,11-12H2,1-2H3,(H3,22,23,25). The maximum atomic E-state index is 12.2. The van der Waals surface area contributed by atoms with Crippen molar-refractivity contribution in [3.05, 3.63) is 53.2 Å². The van der Waals surface area contributed by atoms with Crippen LogP contribution in [0.15, 0.2) is 41.4 Å². The summed E-state index contributed by atoms with van der Waals surface area (Å²) >= 11 is 0. The van der Waals surface area contributed by atoms with E-state index in [2.05, 4.69) is 41.3 Å². The van der Waals surface area contributed by atoms with Crippen molar-refractivity contribution in [2.75, 3.05) is 11.9 Å². The van der Waals surface area contributed by atoms with Crippen LogP contribution in [0.5, 0.6) is 5.88 Å². The van der Waals surface area contributed by atoms with Gasteiger partial charge in [-0.1, -0.05) is 38.1 Å². The van der Waals surface area contributed by atoms with Crippen LogP contribution in [0.1, 0.15) is 30.7 Å². The largest absolute Gasteiger partial charge is 0.472 e. The Morgan fingerprint density at radius 3 is 2.42 bits per heavy atom. The molecule has 26 heavy (non-hydrogen) atoms. The average Bonchev–Trinajstić information content (AvgIpc) is 2.65. The number of nitrogens with two attached hydrogens (primary N) is 1. The Balaban J connectivity index is 2.06. The van der Waals surface area contributed by atoms with Gasteiger partial charge in [0.1, 0.15) is 0 Å². The van der Waals surface area contributed by atoms with E-state index in [1.165, 1.54) is 17.2 Å². The van der Waals surface area contributed by atoms with Crippen molar-refractivity contribution in [1.82, 2.24) is 4.98 Å². The van der Waals surface area contributed by atoms with Crippen LogP contribution < -0.4 is 15.8 Å². The van der Waals surface area contributed by atoms with Crippen molar-refractivity contribution in [2.24, 2.45) is 10.7 Å². The summed E-state index contributed by atoms with van der Waals surface area (Å²) in [5, 5.41) is 3.18. The minimum atomic E-state index is -2.54. The molecule has 1 aromatic heterocycles. The number of halogens is 2. The molecule has 0 atom stereocenters. The summed E-state index contributed by atoms with van der Waals surface area (Å²) in [6.45, 7) is 3.71. The first-order valence-corrected chi connectivity index (χ1v) is 8.58. The molecule has 0 amide bonds. The van der Waals surface area contributed by atoms with Gasteiger partial charge in [0.15, 0.2) is 12.6 Å². The van der Waals surface area contributed by atoms with E-state index >= 15 is 0 Å². The molecule has 2 aromatic rings. The van der Waals surface area contributed by atoms with E-state index in [0.717, 1.165) is 18.5 Å².